The van der Waals surface area contributed by atoms with Gasteiger partial charge in [0.25, 0.3) is 0 Å². The molecule has 6 heteroatoms. The van der Waals surface area contributed by atoms with Crippen LogP contribution in [-0.2, 0) is 6.42 Å². The Morgan fingerprint density at radius 2 is 1.87 bits per heavy atom. The summed E-state index contributed by atoms with van der Waals surface area (Å²) in [6.45, 7) is 2.16. The predicted octanol–water partition coefficient (Wildman–Crippen LogP) is 5.30. The molecule has 2 heterocycles. The molecule has 0 atom stereocenters. The number of hydrogen-bond donors (Lipinski definition) is 0. The minimum absolute atomic E-state index is 0.773. The highest BCUT2D eigenvalue weighted by Gasteiger charge is 2.08. The summed E-state index contributed by atoms with van der Waals surface area (Å²) in [6, 6.07) is 20.1. The predicted molar refractivity (Wildman–Crippen MR) is 123 cm³/mol. The molecule has 150 valence electrons. The zero-order chi connectivity index (χ0) is 20.8. The number of rotatable bonds is 6. The van der Waals surface area contributed by atoms with Crippen LogP contribution in [0.2, 0.25) is 0 Å². The van der Waals surface area contributed by atoms with Crippen LogP contribution < -0.4 is 9.54 Å². The van der Waals surface area contributed by atoms with Gasteiger partial charge in [-0.2, -0.15) is 5.10 Å². The zero-order valence-electron chi connectivity index (χ0n) is 16.9. The summed E-state index contributed by atoms with van der Waals surface area (Å²) in [7, 11) is 1.65. The van der Waals surface area contributed by atoms with Crippen LogP contribution in [0.25, 0.3) is 11.3 Å². The average molecular weight is 415 g/mol. The zero-order valence-corrected chi connectivity index (χ0v) is 17.7. The topological polar surface area (TPSA) is 51.8 Å². The number of benzene rings is 2. The molecule has 0 radical (unpaired) electrons. The van der Waals surface area contributed by atoms with E-state index in [1.54, 1.807) is 30.8 Å². The van der Waals surface area contributed by atoms with Gasteiger partial charge in [0.1, 0.15) is 5.75 Å². The smallest absolute Gasteiger partial charge is 0.211 e. The number of aryl methyl sites for hydroxylation is 1. The highest BCUT2D eigenvalue weighted by Crippen LogP contribution is 2.23. The van der Waals surface area contributed by atoms with E-state index in [4.69, 9.17) is 14.8 Å². The van der Waals surface area contributed by atoms with Crippen LogP contribution in [0.3, 0.4) is 0 Å². The first kappa shape index (κ1) is 19.8. The molecule has 0 N–H and O–H groups in total. The standard InChI is InChI=1S/C24H22N4OS/c1-3-18-7-9-20(10-8-18)23-17-30-24(27-21-5-4-6-22(15-21)29-2)28(23)26-16-19-11-13-25-14-12-19/h4-17H,3H2,1-2H3/b26-16+,27-24?. The summed E-state index contributed by atoms with van der Waals surface area (Å²) in [5.74, 6) is 0.773. The lowest BCUT2D eigenvalue weighted by atomic mass is 10.1. The van der Waals surface area contributed by atoms with Crippen molar-refractivity contribution in [3.8, 4) is 17.0 Å². The lowest BCUT2D eigenvalue weighted by molar-refractivity contribution is 0.415. The van der Waals surface area contributed by atoms with Crippen molar-refractivity contribution in [1.29, 1.82) is 0 Å². The lowest BCUT2D eigenvalue weighted by Gasteiger charge is -2.05. The van der Waals surface area contributed by atoms with E-state index < -0.39 is 0 Å². The van der Waals surface area contributed by atoms with Crippen molar-refractivity contribution < 1.29 is 4.74 Å². The molecule has 2 aromatic carbocycles. The van der Waals surface area contributed by atoms with Crippen molar-refractivity contribution in [2.45, 2.75) is 13.3 Å². The second-order valence-corrected chi connectivity index (χ2v) is 7.44. The molecule has 0 amide bonds. The van der Waals surface area contributed by atoms with Gasteiger partial charge in [-0.25, -0.2) is 9.67 Å². The Morgan fingerprint density at radius 1 is 1.07 bits per heavy atom. The molecule has 0 fully saturated rings. The Balaban J connectivity index is 1.82. The summed E-state index contributed by atoms with van der Waals surface area (Å²) < 4.78 is 7.21. The third kappa shape index (κ3) is 4.55. The maximum atomic E-state index is 5.33. The SMILES string of the molecule is CCc1ccc(-c2csc(=Nc3cccc(OC)c3)n2/N=C/c2ccncc2)cc1. The molecule has 0 bridgehead atoms. The van der Waals surface area contributed by atoms with Gasteiger partial charge in [-0.3, -0.25) is 4.98 Å². The molecule has 0 saturated carbocycles. The van der Waals surface area contributed by atoms with Gasteiger partial charge in [0, 0.05) is 29.4 Å². The quantitative estimate of drug-likeness (QED) is 0.402. The van der Waals surface area contributed by atoms with E-state index in [9.17, 15) is 0 Å². The van der Waals surface area contributed by atoms with E-state index in [1.165, 1.54) is 5.56 Å². The monoisotopic (exact) mass is 414 g/mol. The highest BCUT2D eigenvalue weighted by molar-refractivity contribution is 7.07. The Kier molecular flexibility index (Phi) is 6.15. The second-order valence-electron chi connectivity index (χ2n) is 6.60. The number of thiazole rings is 1. The van der Waals surface area contributed by atoms with E-state index in [-0.39, 0.29) is 0 Å². The van der Waals surface area contributed by atoms with Gasteiger partial charge in [0.15, 0.2) is 0 Å². The molecule has 2 aromatic heterocycles. The molecule has 5 nitrogen and oxygen atoms in total. The van der Waals surface area contributed by atoms with Gasteiger partial charge in [0.2, 0.25) is 4.80 Å². The summed E-state index contributed by atoms with van der Waals surface area (Å²) >= 11 is 1.55. The van der Waals surface area contributed by atoms with Gasteiger partial charge < -0.3 is 4.74 Å². The molecule has 30 heavy (non-hydrogen) atoms. The number of pyridine rings is 1. The first-order chi connectivity index (χ1) is 14.8. The van der Waals surface area contributed by atoms with Gasteiger partial charge in [-0.05, 0) is 41.8 Å². The molecule has 0 aliphatic carbocycles. The number of methoxy groups -OCH3 is 1. The van der Waals surface area contributed by atoms with Crippen LogP contribution in [0, 0.1) is 0 Å². The molecule has 4 aromatic rings. The Morgan fingerprint density at radius 3 is 2.60 bits per heavy atom. The van der Waals surface area contributed by atoms with E-state index in [0.29, 0.717) is 0 Å². The average Bonchev–Trinajstić information content (AvgIpc) is 3.20. The highest BCUT2D eigenvalue weighted by atomic mass is 32.1. The van der Waals surface area contributed by atoms with Crippen LogP contribution in [-0.4, -0.2) is 23.0 Å². The number of ether oxygens (including phenoxy) is 1. The fraction of sp³-hybridized carbons (Fsp3) is 0.125. The number of nitrogens with zero attached hydrogens (tertiary/aromatic N) is 4. The van der Waals surface area contributed by atoms with Crippen molar-refractivity contribution in [3.63, 3.8) is 0 Å². The molecule has 0 aliphatic heterocycles. The lowest BCUT2D eigenvalue weighted by Crippen LogP contribution is -2.11. The summed E-state index contributed by atoms with van der Waals surface area (Å²) in [5.41, 5.74) is 5.19. The van der Waals surface area contributed by atoms with Crippen LogP contribution in [0.5, 0.6) is 5.75 Å². The summed E-state index contributed by atoms with van der Waals surface area (Å²) in [6.07, 6.45) is 6.35. The molecule has 4 rings (SSSR count). The van der Waals surface area contributed by atoms with E-state index in [1.807, 2.05) is 47.3 Å². The van der Waals surface area contributed by atoms with Crippen molar-refractivity contribution >= 4 is 23.2 Å². The third-order valence-corrected chi connectivity index (χ3v) is 5.47. The second kappa shape index (κ2) is 9.33. The maximum Gasteiger partial charge on any atom is 0.211 e. The molecular weight excluding hydrogens is 392 g/mol. The summed E-state index contributed by atoms with van der Waals surface area (Å²) in [4.78, 5) is 9.66. The molecule has 0 saturated heterocycles. The van der Waals surface area contributed by atoms with Gasteiger partial charge >= 0.3 is 0 Å². The molecular formula is C24H22N4OS. The van der Waals surface area contributed by atoms with Crippen molar-refractivity contribution in [2.75, 3.05) is 7.11 Å². The fourth-order valence-corrected chi connectivity index (χ4v) is 3.82. The minimum Gasteiger partial charge on any atom is -0.497 e. The van der Waals surface area contributed by atoms with Crippen molar-refractivity contribution in [2.24, 2.45) is 10.1 Å². The van der Waals surface area contributed by atoms with E-state index >= 15 is 0 Å². The van der Waals surface area contributed by atoms with E-state index in [0.717, 1.165) is 39.5 Å². The molecule has 0 aliphatic rings. The van der Waals surface area contributed by atoms with Gasteiger partial charge in [-0.15, -0.1) is 11.3 Å². The largest absolute Gasteiger partial charge is 0.497 e. The summed E-state index contributed by atoms with van der Waals surface area (Å²) in [5, 5.41) is 6.83. The van der Waals surface area contributed by atoms with Crippen LogP contribution >= 0.6 is 11.3 Å². The number of hydrogen-bond acceptors (Lipinski definition) is 5. The van der Waals surface area contributed by atoms with Crippen LogP contribution in [0.15, 0.2) is 88.5 Å². The van der Waals surface area contributed by atoms with Gasteiger partial charge in [-0.1, -0.05) is 37.3 Å². The normalized spacial score (nSPS) is 11.9. The minimum atomic E-state index is 0.773. The third-order valence-electron chi connectivity index (χ3n) is 4.65. The van der Waals surface area contributed by atoms with Crippen LogP contribution in [0.4, 0.5) is 5.69 Å². The van der Waals surface area contributed by atoms with Crippen LogP contribution in [0.1, 0.15) is 18.1 Å². The number of aromatic nitrogens is 2. The Bertz CT molecular complexity index is 1210. The van der Waals surface area contributed by atoms with E-state index in [2.05, 4.69) is 41.6 Å². The first-order valence-electron chi connectivity index (χ1n) is 9.70. The first-order valence-corrected chi connectivity index (χ1v) is 10.6. The Labute approximate surface area is 179 Å². The molecule has 0 unspecified atom stereocenters. The van der Waals surface area contributed by atoms with Crippen molar-refractivity contribution in [3.05, 3.63) is 94.4 Å². The Hall–Kier alpha value is -3.51. The van der Waals surface area contributed by atoms with Gasteiger partial charge in [0.05, 0.1) is 24.7 Å². The van der Waals surface area contributed by atoms with Crippen molar-refractivity contribution in [1.82, 2.24) is 9.66 Å². The maximum absolute atomic E-state index is 5.33. The fourth-order valence-electron chi connectivity index (χ4n) is 2.96. The molecule has 0 spiro atoms.